The van der Waals surface area contributed by atoms with Crippen molar-refractivity contribution in [3.63, 3.8) is 0 Å². The fraction of sp³-hybridized carbons (Fsp3) is 0.133. The fourth-order valence-electron chi connectivity index (χ4n) is 1.74. The van der Waals surface area contributed by atoms with Gasteiger partial charge in [0.1, 0.15) is 0 Å². The molecule has 2 rings (SSSR count). The SMILES string of the molecule is Cc1cccc(C(=O)c2ccc(Br)c(C)c2)c1. The maximum absolute atomic E-state index is 12.2. The van der Waals surface area contributed by atoms with Gasteiger partial charge in [-0.3, -0.25) is 4.79 Å². The van der Waals surface area contributed by atoms with E-state index in [2.05, 4.69) is 15.9 Å². The Morgan fingerprint density at radius 3 is 2.35 bits per heavy atom. The zero-order valence-electron chi connectivity index (χ0n) is 9.83. The minimum absolute atomic E-state index is 0.0734. The van der Waals surface area contributed by atoms with Gasteiger partial charge in [-0.15, -0.1) is 0 Å². The van der Waals surface area contributed by atoms with Crippen molar-refractivity contribution in [3.8, 4) is 0 Å². The molecule has 0 bridgehead atoms. The number of aryl methyl sites for hydroxylation is 2. The molecule has 0 radical (unpaired) electrons. The van der Waals surface area contributed by atoms with Crippen molar-refractivity contribution >= 4 is 21.7 Å². The molecule has 0 aromatic heterocycles. The van der Waals surface area contributed by atoms with Crippen molar-refractivity contribution in [1.82, 2.24) is 0 Å². The second-order valence-corrected chi connectivity index (χ2v) is 5.02. The van der Waals surface area contributed by atoms with Crippen LogP contribution in [0.5, 0.6) is 0 Å². The van der Waals surface area contributed by atoms with Crippen LogP contribution in [0.1, 0.15) is 27.0 Å². The van der Waals surface area contributed by atoms with E-state index in [9.17, 15) is 4.79 Å². The topological polar surface area (TPSA) is 17.1 Å². The van der Waals surface area contributed by atoms with Gasteiger partial charge in [-0.2, -0.15) is 0 Å². The highest BCUT2D eigenvalue weighted by Gasteiger charge is 2.09. The predicted molar refractivity (Wildman–Crippen MR) is 73.5 cm³/mol. The third-order valence-electron chi connectivity index (χ3n) is 2.70. The molecule has 0 aliphatic carbocycles. The van der Waals surface area contributed by atoms with Crippen molar-refractivity contribution in [1.29, 1.82) is 0 Å². The average Bonchev–Trinajstić information content (AvgIpc) is 2.32. The van der Waals surface area contributed by atoms with Gasteiger partial charge in [0.2, 0.25) is 0 Å². The Labute approximate surface area is 110 Å². The predicted octanol–water partition coefficient (Wildman–Crippen LogP) is 4.30. The van der Waals surface area contributed by atoms with Crippen LogP contribution in [0.15, 0.2) is 46.9 Å². The number of carbonyl (C=O) groups excluding carboxylic acids is 1. The summed E-state index contributed by atoms with van der Waals surface area (Å²) in [7, 11) is 0. The van der Waals surface area contributed by atoms with Gasteiger partial charge in [-0.1, -0.05) is 39.7 Å². The van der Waals surface area contributed by atoms with Gasteiger partial charge in [0.25, 0.3) is 0 Å². The monoisotopic (exact) mass is 288 g/mol. The standard InChI is InChI=1S/C15H13BrO/c1-10-4-3-5-12(8-10)15(17)13-6-7-14(16)11(2)9-13/h3-9H,1-2H3. The van der Waals surface area contributed by atoms with Crippen molar-refractivity contribution < 1.29 is 4.79 Å². The lowest BCUT2D eigenvalue weighted by Crippen LogP contribution is -2.01. The highest BCUT2D eigenvalue weighted by atomic mass is 79.9. The molecule has 2 aromatic carbocycles. The Kier molecular flexibility index (Phi) is 3.43. The van der Waals surface area contributed by atoms with E-state index in [0.29, 0.717) is 0 Å². The van der Waals surface area contributed by atoms with Crippen molar-refractivity contribution in [2.45, 2.75) is 13.8 Å². The Bertz CT molecular complexity index is 573. The van der Waals surface area contributed by atoms with Gasteiger partial charge < -0.3 is 0 Å². The van der Waals surface area contributed by atoms with Gasteiger partial charge in [-0.25, -0.2) is 0 Å². The maximum atomic E-state index is 12.2. The van der Waals surface area contributed by atoms with E-state index in [4.69, 9.17) is 0 Å². The highest BCUT2D eigenvalue weighted by molar-refractivity contribution is 9.10. The number of rotatable bonds is 2. The molecule has 0 aliphatic rings. The third kappa shape index (κ3) is 2.64. The molecule has 0 amide bonds. The molecule has 0 heterocycles. The maximum Gasteiger partial charge on any atom is 0.193 e. The lowest BCUT2D eigenvalue weighted by molar-refractivity contribution is 0.103. The minimum Gasteiger partial charge on any atom is -0.289 e. The Morgan fingerprint density at radius 2 is 1.71 bits per heavy atom. The molecule has 1 nitrogen and oxygen atoms in total. The summed E-state index contributed by atoms with van der Waals surface area (Å²) >= 11 is 3.44. The van der Waals surface area contributed by atoms with Crippen LogP contribution in [-0.4, -0.2) is 5.78 Å². The molecule has 0 saturated heterocycles. The summed E-state index contributed by atoms with van der Waals surface area (Å²) in [5.74, 6) is 0.0734. The van der Waals surface area contributed by atoms with Gasteiger partial charge in [-0.05, 0) is 43.7 Å². The molecular formula is C15H13BrO. The minimum atomic E-state index is 0.0734. The first-order chi connectivity index (χ1) is 8.08. The van der Waals surface area contributed by atoms with E-state index in [1.54, 1.807) is 0 Å². The first kappa shape index (κ1) is 12.1. The molecule has 0 atom stereocenters. The molecule has 0 spiro atoms. The molecule has 0 N–H and O–H groups in total. The summed E-state index contributed by atoms with van der Waals surface area (Å²) in [5.41, 5.74) is 3.65. The van der Waals surface area contributed by atoms with Gasteiger partial charge in [0, 0.05) is 15.6 Å². The third-order valence-corrected chi connectivity index (χ3v) is 3.59. The number of benzene rings is 2. The van der Waals surface area contributed by atoms with Crippen LogP contribution in [0.3, 0.4) is 0 Å². The number of hydrogen-bond acceptors (Lipinski definition) is 1. The van der Waals surface area contributed by atoms with Gasteiger partial charge in [0.15, 0.2) is 5.78 Å². The fourth-order valence-corrected chi connectivity index (χ4v) is 1.99. The van der Waals surface area contributed by atoms with Crippen LogP contribution in [0.4, 0.5) is 0 Å². The second kappa shape index (κ2) is 4.84. The van der Waals surface area contributed by atoms with Crippen LogP contribution in [-0.2, 0) is 0 Å². The quantitative estimate of drug-likeness (QED) is 0.753. The van der Waals surface area contributed by atoms with E-state index in [-0.39, 0.29) is 5.78 Å². The van der Waals surface area contributed by atoms with E-state index >= 15 is 0 Å². The summed E-state index contributed by atoms with van der Waals surface area (Å²) in [6, 6.07) is 13.3. The first-order valence-corrected chi connectivity index (χ1v) is 6.25. The largest absolute Gasteiger partial charge is 0.289 e. The van der Waals surface area contributed by atoms with E-state index in [1.807, 2.05) is 56.3 Å². The normalized spacial score (nSPS) is 10.3. The van der Waals surface area contributed by atoms with E-state index < -0.39 is 0 Å². The number of halogens is 1. The number of ketones is 1. The molecule has 17 heavy (non-hydrogen) atoms. The Morgan fingerprint density at radius 1 is 1.00 bits per heavy atom. The average molecular weight is 289 g/mol. The summed E-state index contributed by atoms with van der Waals surface area (Å²) in [6.45, 7) is 3.97. The van der Waals surface area contributed by atoms with Crippen LogP contribution in [0, 0.1) is 13.8 Å². The van der Waals surface area contributed by atoms with Crippen LogP contribution >= 0.6 is 15.9 Å². The second-order valence-electron chi connectivity index (χ2n) is 4.16. The van der Waals surface area contributed by atoms with Gasteiger partial charge in [0.05, 0.1) is 0 Å². The highest BCUT2D eigenvalue weighted by Crippen LogP contribution is 2.19. The van der Waals surface area contributed by atoms with Crippen molar-refractivity contribution in [2.24, 2.45) is 0 Å². The molecule has 0 aliphatic heterocycles. The molecule has 0 unspecified atom stereocenters. The van der Waals surface area contributed by atoms with Crippen molar-refractivity contribution in [2.75, 3.05) is 0 Å². The Hall–Kier alpha value is -1.41. The van der Waals surface area contributed by atoms with E-state index in [0.717, 1.165) is 26.7 Å². The van der Waals surface area contributed by atoms with Crippen LogP contribution in [0.25, 0.3) is 0 Å². The lowest BCUT2D eigenvalue weighted by atomic mass is 10.0. The van der Waals surface area contributed by atoms with Crippen LogP contribution < -0.4 is 0 Å². The Balaban J connectivity index is 2.40. The van der Waals surface area contributed by atoms with E-state index in [1.165, 1.54) is 0 Å². The van der Waals surface area contributed by atoms with Crippen LogP contribution in [0.2, 0.25) is 0 Å². The zero-order chi connectivity index (χ0) is 12.4. The summed E-state index contributed by atoms with van der Waals surface area (Å²) in [5, 5.41) is 0. The molecule has 2 aromatic rings. The first-order valence-electron chi connectivity index (χ1n) is 5.45. The zero-order valence-corrected chi connectivity index (χ0v) is 11.4. The number of hydrogen-bond donors (Lipinski definition) is 0. The summed E-state index contributed by atoms with van der Waals surface area (Å²) in [4.78, 5) is 12.2. The van der Waals surface area contributed by atoms with Crippen molar-refractivity contribution in [3.05, 3.63) is 69.2 Å². The van der Waals surface area contributed by atoms with Gasteiger partial charge >= 0.3 is 0 Å². The molecule has 2 heteroatoms. The number of carbonyl (C=O) groups is 1. The molecule has 0 saturated carbocycles. The molecule has 86 valence electrons. The summed E-state index contributed by atoms with van der Waals surface area (Å²) < 4.78 is 1.03. The lowest BCUT2D eigenvalue weighted by Gasteiger charge is -2.04. The molecule has 0 fully saturated rings. The summed E-state index contributed by atoms with van der Waals surface area (Å²) in [6.07, 6.45) is 0. The smallest absolute Gasteiger partial charge is 0.193 e. The molecular weight excluding hydrogens is 276 g/mol.